The first-order valence-electron chi connectivity index (χ1n) is 9.28. The molecule has 1 amide bonds. The van der Waals surface area contributed by atoms with Gasteiger partial charge in [0.15, 0.2) is 0 Å². The Balaban J connectivity index is 1.71. The molecule has 1 aliphatic heterocycles. The van der Waals surface area contributed by atoms with E-state index in [-0.39, 0.29) is 34.6 Å². The van der Waals surface area contributed by atoms with Crippen LogP contribution >= 0.6 is 23.4 Å². The zero-order valence-electron chi connectivity index (χ0n) is 16.5. The molecule has 1 unspecified atom stereocenters. The third kappa shape index (κ3) is 5.74. The zero-order valence-corrected chi connectivity index (χ0v) is 18.9. The first-order valence-corrected chi connectivity index (χ1v) is 12.0. The van der Waals surface area contributed by atoms with Crippen molar-refractivity contribution in [1.29, 1.82) is 0 Å². The van der Waals surface area contributed by atoms with E-state index in [1.54, 1.807) is 19.1 Å². The summed E-state index contributed by atoms with van der Waals surface area (Å²) in [5.41, 5.74) is 0.272. The van der Waals surface area contributed by atoms with E-state index in [2.05, 4.69) is 5.32 Å². The molecule has 1 N–H and O–H groups in total. The number of hydrogen-bond acceptors (Lipinski definition) is 7. The van der Waals surface area contributed by atoms with E-state index >= 15 is 0 Å². The summed E-state index contributed by atoms with van der Waals surface area (Å²) in [4.78, 5) is 23.5. The number of thioether (sulfide) groups is 1. The molecule has 31 heavy (non-hydrogen) atoms. The zero-order chi connectivity index (χ0) is 22.6. The molecule has 1 fully saturated rings. The predicted octanol–water partition coefficient (Wildman–Crippen LogP) is 3.39. The highest BCUT2D eigenvalue weighted by Gasteiger charge is 2.29. The quantitative estimate of drug-likeness (QED) is 0.362. The van der Waals surface area contributed by atoms with Gasteiger partial charge >= 0.3 is 0 Å². The van der Waals surface area contributed by atoms with E-state index in [9.17, 15) is 23.3 Å². The Morgan fingerprint density at radius 1 is 1.23 bits per heavy atom. The number of rotatable bonds is 7. The Hall–Kier alpha value is -2.18. The second-order valence-corrected chi connectivity index (χ2v) is 10.4. The number of halogens is 1. The van der Waals surface area contributed by atoms with E-state index in [1.807, 2.05) is 0 Å². The van der Waals surface area contributed by atoms with E-state index in [0.717, 1.165) is 0 Å². The highest BCUT2D eigenvalue weighted by molar-refractivity contribution is 8.00. The van der Waals surface area contributed by atoms with Gasteiger partial charge in [-0.25, -0.2) is 8.42 Å². The summed E-state index contributed by atoms with van der Waals surface area (Å²) in [6.07, 6.45) is 0. The lowest BCUT2D eigenvalue weighted by Crippen LogP contribution is -2.40. The number of benzene rings is 2. The lowest BCUT2D eigenvalue weighted by molar-refractivity contribution is -0.384. The van der Waals surface area contributed by atoms with Crippen molar-refractivity contribution in [1.82, 2.24) is 4.31 Å². The number of nitro benzene ring substituents is 1. The molecule has 0 aliphatic carbocycles. The van der Waals surface area contributed by atoms with Crippen molar-refractivity contribution in [3.8, 4) is 0 Å². The van der Waals surface area contributed by atoms with Crippen LogP contribution in [0.1, 0.15) is 6.92 Å². The normalized spacial score (nSPS) is 15.9. The lowest BCUT2D eigenvalue weighted by atomic mass is 10.3. The highest BCUT2D eigenvalue weighted by Crippen LogP contribution is 2.30. The molecule has 1 atom stereocenters. The number of nitrogens with zero attached hydrogens (tertiary/aromatic N) is 2. The van der Waals surface area contributed by atoms with Crippen molar-refractivity contribution in [3.05, 3.63) is 57.6 Å². The Labute approximate surface area is 188 Å². The maximum atomic E-state index is 12.9. The Morgan fingerprint density at radius 3 is 2.48 bits per heavy atom. The number of non-ortho nitro benzene ring substituents is 1. The summed E-state index contributed by atoms with van der Waals surface area (Å²) in [6.45, 7) is 2.77. The Kier molecular flexibility index (Phi) is 7.55. The standard InChI is InChI=1S/C19H20ClN3O6S2/c1-13(30-16-5-3-15(4-6-16)23(25)26)19(24)21-14-2-7-17(20)18(12-14)31(27,28)22-8-10-29-11-9-22/h2-7,12-13H,8-11H2,1H3,(H,21,24). The number of carbonyl (C=O) groups excluding carboxylic acids is 1. The molecule has 0 radical (unpaired) electrons. The molecule has 0 spiro atoms. The van der Waals surface area contributed by atoms with Crippen LogP contribution in [0.15, 0.2) is 52.3 Å². The number of morpholine rings is 1. The average molecular weight is 486 g/mol. The molecular weight excluding hydrogens is 466 g/mol. The van der Waals surface area contributed by atoms with Crippen molar-refractivity contribution in [2.24, 2.45) is 0 Å². The molecule has 2 aromatic rings. The summed E-state index contributed by atoms with van der Waals surface area (Å²) in [5.74, 6) is -0.347. The number of ether oxygens (including phenoxy) is 1. The number of amides is 1. The molecule has 1 aliphatic rings. The van der Waals surface area contributed by atoms with Crippen molar-refractivity contribution in [2.45, 2.75) is 22.0 Å². The fourth-order valence-electron chi connectivity index (χ4n) is 2.85. The molecule has 2 aromatic carbocycles. The van der Waals surface area contributed by atoms with Crippen LogP contribution in [0.2, 0.25) is 5.02 Å². The van der Waals surface area contributed by atoms with E-state index in [4.69, 9.17) is 16.3 Å². The summed E-state index contributed by atoms with van der Waals surface area (Å²) >= 11 is 7.37. The first kappa shape index (κ1) is 23.5. The van der Waals surface area contributed by atoms with E-state index < -0.39 is 20.2 Å². The van der Waals surface area contributed by atoms with Crippen LogP contribution < -0.4 is 5.32 Å². The third-order valence-corrected chi connectivity index (χ3v) is 8.01. The molecule has 12 heteroatoms. The lowest BCUT2D eigenvalue weighted by Gasteiger charge is -2.26. The number of sulfonamides is 1. The first-order chi connectivity index (χ1) is 14.7. The van der Waals surface area contributed by atoms with Crippen LogP contribution in [0.25, 0.3) is 0 Å². The maximum absolute atomic E-state index is 12.9. The Bertz CT molecular complexity index is 1070. The van der Waals surface area contributed by atoms with Gasteiger partial charge in [-0.15, -0.1) is 11.8 Å². The SMILES string of the molecule is CC(Sc1ccc([N+](=O)[O-])cc1)C(=O)Nc1ccc(Cl)c(S(=O)(=O)N2CCOCC2)c1. The third-order valence-electron chi connectivity index (χ3n) is 4.52. The van der Waals surface area contributed by atoms with Crippen LogP contribution in [0.3, 0.4) is 0 Å². The molecule has 166 valence electrons. The minimum atomic E-state index is -3.82. The van der Waals surface area contributed by atoms with Crippen LogP contribution in [-0.4, -0.2) is 55.1 Å². The van der Waals surface area contributed by atoms with Crippen molar-refractivity contribution >= 4 is 50.7 Å². The van der Waals surface area contributed by atoms with Gasteiger partial charge in [-0.1, -0.05) is 11.6 Å². The van der Waals surface area contributed by atoms with Gasteiger partial charge in [0.25, 0.3) is 5.69 Å². The van der Waals surface area contributed by atoms with Gasteiger partial charge in [0.05, 0.1) is 28.4 Å². The van der Waals surface area contributed by atoms with E-state index in [0.29, 0.717) is 23.8 Å². The molecule has 0 saturated carbocycles. The number of carbonyl (C=O) groups is 1. The van der Waals surface area contributed by atoms with Crippen LogP contribution in [0, 0.1) is 10.1 Å². The molecule has 3 rings (SSSR count). The minimum Gasteiger partial charge on any atom is -0.379 e. The molecule has 0 aromatic heterocycles. The fraction of sp³-hybridized carbons (Fsp3) is 0.316. The van der Waals surface area contributed by atoms with Gasteiger partial charge in [0.2, 0.25) is 15.9 Å². The van der Waals surface area contributed by atoms with Crippen molar-refractivity contribution in [2.75, 3.05) is 31.6 Å². The summed E-state index contributed by atoms with van der Waals surface area (Å²) < 4.78 is 32.3. The smallest absolute Gasteiger partial charge is 0.269 e. The van der Waals surface area contributed by atoms with E-state index in [1.165, 1.54) is 46.4 Å². The predicted molar refractivity (Wildman–Crippen MR) is 118 cm³/mol. The highest BCUT2D eigenvalue weighted by atomic mass is 35.5. The largest absolute Gasteiger partial charge is 0.379 e. The molecule has 9 nitrogen and oxygen atoms in total. The van der Waals surface area contributed by atoms with Gasteiger partial charge in [-0.2, -0.15) is 4.31 Å². The average Bonchev–Trinajstić information content (AvgIpc) is 2.76. The number of nitrogens with one attached hydrogen (secondary N) is 1. The summed E-state index contributed by atoms with van der Waals surface area (Å²) in [7, 11) is -3.82. The molecular formula is C19H20ClN3O6S2. The van der Waals surface area contributed by atoms with Gasteiger partial charge in [0.1, 0.15) is 4.90 Å². The fourth-order valence-corrected chi connectivity index (χ4v) is 5.63. The second kappa shape index (κ2) is 9.96. The number of anilines is 1. The molecule has 0 bridgehead atoms. The van der Waals surface area contributed by atoms with Crippen LogP contribution in [-0.2, 0) is 19.6 Å². The topological polar surface area (TPSA) is 119 Å². The van der Waals surface area contributed by atoms with Gasteiger partial charge in [0, 0.05) is 35.8 Å². The van der Waals surface area contributed by atoms with Gasteiger partial charge in [-0.05, 0) is 37.3 Å². The van der Waals surface area contributed by atoms with Crippen molar-refractivity contribution in [3.63, 3.8) is 0 Å². The Morgan fingerprint density at radius 2 is 1.87 bits per heavy atom. The van der Waals surface area contributed by atoms with Crippen LogP contribution in [0.5, 0.6) is 0 Å². The van der Waals surface area contributed by atoms with Gasteiger partial charge < -0.3 is 10.1 Å². The summed E-state index contributed by atoms with van der Waals surface area (Å²) in [5, 5.41) is 13.0. The summed E-state index contributed by atoms with van der Waals surface area (Å²) in [6, 6.07) is 10.2. The minimum absolute atomic E-state index is 0.0309. The van der Waals surface area contributed by atoms with Crippen LogP contribution in [0.4, 0.5) is 11.4 Å². The molecule has 1 heterocycles. The monoisotopic (exact) mass is 485 g/mol. The number of hydrogen-bond donors (Lipinski definition) is 1. The number of nitro groups is 1. The maximum Gasteiger partial charge on any atom is 0.269 e. The second-order valence-electron chi connectivity index (χ2n) is 6.66. The van der Waals surface area contributed by atoms with Gasteiger partial charge in [-0.3, -0.25) is 14.9 Å². The molecule has 1 saturated heterocycles. The van der Waals surface area contributed by atoms with Crippen molar-refractivity contribution < 1.29 is 22.9 Å².